The molecule has 1 amide bonds. The Balaban J connectivity index is 1.42. The van der Waals surface area contributed by atoms with Crippen molar-refractivity contribution in [3.63, 3.8) is 0 Å². The summed E-state index contributed by atoms with van der Waals surface area (Å²) in [7, 11) is 0. The summed E-state index contributed by atoms with van der Waals surface area (Å²) in [5, 5.41) is 12.5. The lowest BCUT2D eigenvalue weighted by atomic mass is 10.0. The highest BCUT2D eigenvalue weighted by Crippen LogP contribution is 2.34. The molecule has 0 bridgehead atoms. The molecule has 2 aromatic rings. The van der Waals surface area contributed by atoms with E-state index in [2.05, 4.69) is 17.5 Å². The first-order valence-corrected chi connectivity index (χ1v) is 12.7. The van der Waals surface area contributed by atoms with Crippen molar-refractivity contribution in [3.05, 3.63) is 64.6 Å². The molecular formula is C26H33FN2O4S. The Kier molecular flexibility index (Phi) is 8.72. The molecule has 2 atom stereocenters. The minimum absolute atomic E-state index is 0.0181. The van der Waals surface area contributed by atoms with E-state index in [1.807, 2.05) is 10.3 Å². The molecule has 1 saturated carbocycles. The van der Waals surface area contributed by atoms with E-state index in [1.54, 1.807) is 29.5 Å². The summed E-state index contributed by atoms with van der Waals surface area (Å²) < 4.78 is 24.9. The van der Waals surface area contributed by atoms with Crippen LogP contribution in [0.1, 0.15) is 29.3 Å². The van der Waals surface area contributed by atoms with Crippen molar-refractivity contribution in [2.45, 2.75) is 31.4 Å². The minimum Gasteiger partial charge on any atom is -0.491 e. The fourth-order valence-corrected chi connectivity index (χ4v) is 5.32. The van der Waals surface area contributed by atoms with Crippen LogP contribution in [-0.4, -0.2) is 72.9 Å². The van der Waals surface area contributed by atoms with Crippen LogP contribution in [0, 0.1) is 11.7 Å². The summed E-state index contributed by atoms with van der Waals surface area (Å²) in [6.45, 7) is 6.54. The third kappa shape index (κ3) is 6.88. The van der Waals surface area contributed by atoms with E-state index < -0.39 is 6.10 Å². The van der Waals surface area contributed by atoms with Gasteiger partial charge in [0.15, 0.2) is 0 Å². The van der Waals surface area contributed by atoms with Crippen LogP contribution in [0.2, 0.25) is 0 Å². The first-order valence-electron chi connectivity index (χ1n) is 11.9. The van der Waals surface area contributed by atoms with Gasteiger partial charge in [0.2, 0.25) is 5.91 Å². The van der Waals surface area contributed by atoms with Crippen molar-refractivity contribution in [2.75, 3.05) is 46.0 Å². The second kappa shape index (κ2) is 11.9. The summed E-state index contributed by atoms with van der Waals surface area (Å²) in [6, 6.07) is 7.91. The minimum atomic E-state index is -0.663. The highest BCUT2D eigenvalue weighted by Gasteiger charge is 2.34. The number of aliphatic hydroxyl groups is 1. The van der Waals surface area contributed by atoms with E-state index in [4.69, 9.17) is 9.47 Å². The standard InChI is InChI=1S/C26H33FN2O4S/c1-2-11-32-17-21(30)15-28(14-19-6-7-19)16-26(31)29-10-8-25-23(9-12-34-25)24(29)18-33-22-5-3-4-20(27)13-22/h2-5,9,12-13,19,21,24,30H,1,6-8,10-11,14-18H2/t21-,24-/m1/s1. The number of thiophene rings is 1. The van der Waals surface area contributed by atoms with E-state index in [0.717, 1.165) is 18.5 Å². The van der Waals surface area contributed by atoms with E-state index in [1.165, 1.54) is 29.9 Å². The van der Waals surface area contributed by atoms with Gasteiger partial charge in [0.1, 0.15) is 18.2 Å². The molecule has 0 unspecified atom stereocenters. The second-order valence-electron chi connectivity index (χ2n) is 9.04. The molecule has 8 heteroatoms. The van der Waals surface area contributed by atoms with Crippen LogP contribution in [0.15, 0.2) is 48.4 Å². The normalized spacial score (nSPS) is 18.6. The van der Waals surface area contributed by atoms with Gasteiger partial charge < -0.3 is 19.5 Å². The zero-order valence-electron chi connectivity index (χ0n) is 19.4. The molecule has 1 N–H and O–H groups in total. The Labute approximate surface area is 204 Å². The highest BCUT2D eigenvalue weighted by molar-refractivity contribution is 7.10. The predicted molar refractivity (Wildman–Crippen MR) is 131 cm³/mol. The molecule has 1 aliphatic carbocycles. The number of aliphatic hydroxyl groups excluding tert-OH is 1. The number of carbonyl (C=O) groups is 1. The summed E-state index contributed by atoms with van der Waals surface area (Å²) >= 11 is 1.70. The van der Waals surface area contributed by atoms with E-state index in [0.29, 0.717) is 31.4 Å². The molecule has 0 saturated heterocycles. The number of benzene rings is 1. The van der Waals surface area contributed by atoms with E-state index in [-0.39, 0.29) is 37.5 Å². The van der Waals surface area contributed by atoms with Crippen LogP contribution >= 0.6 is 11.3 Å². The SMILES string of the molecule is C=CCOC[C@H](O)CN(CC(=O)N1CCc2sccc2[C@H]1COc1cccc(F)c1)CC1CC1. The number of carbonyl (C=O) groups excluding carboxylic acids is 1. The molecule has 0 radical (unpaired) electrons. The van der Waals surface area contributed by atoms with Crippen molar-refractivity contribution >= 4 is 17.2 Å². The Bertz CT molecular complexity index is 964. The number of rotatable bonds is 13. The summed E-state index contributed by atoms with van der Waals surface area (Å²) in [6.07, 6.45) is 4.14. The number of fused-ring (bicyclic) bond motifs is 1. The van der Waals surface area contributed by atoms with E-state index >= 15 is 0 Å². The van der Waals surface area contributed by atoms with Gasteiger partial charge in [-0.3, -0.25) is 9.69 Å². The van der Waals surface area contributed by atoms with Crippen LogP contribution in [-0.2, 0) is 16.0 Å². The molecule has 1 fully saturated rings. The lowest BCUT2D eigenvalue weighted by Gasteiger charge is -2.37. The first-order chi connectivity index (χ1) is 16.5. The van der Waals surface area contributed by atoms with Gasteiger partial charge in [0.25, 0.3) is 0 Å². The van der Waals surface area contributed by atoms with Crippen molar-refractivity contribution < 1.29 is 23.8 Å². The molecule has 4 rings (SSSR count). The molecule has 1 aromatic heterocycles. The molecular weight excluding hydrogens is 455 g/mol. The number of hydrogen-bond acceptors (Lipinski definition) is 6. The summed E-state index contributed by atoms with van der Waals surface area (Å²) in [5.74, 6) is 0.708. The lowest BCUT2D eigenvalue weighted by molar-refractivity contribution is -0.136. The smallest absolute Gasteiger partial charge is 0.237 e. The quantitative estimate of drug-likeness (QED) is 0.344. The first kappa shape index (κ1) is 24.9. The van der Waals surface area contributed by atoms with Gasteiger partial charge in [-0.1, -0.05) is 12.1 Å². The van der Waals surface area contributed by atoms with Gasteiger partial charge in [0.05, 0.1) is 31.9 Å². The van der Waals surface area contributed by atoms with Crippen molar-refractivity contribution in [1.29, 1.82) is 0 Å². The Morgan fingerprint density at radius 3 is 3.00 bits per heavy atom. The molecule has 34 heavy (non-hydrogen) atoms. The Hall–Kier alpha value is -2.26. The fourth-order valence-electron chi connectivity index (χ4n) is 4.40. The topological polar surface area (TPSA) is 62.2 Å². The van der Waals surface area contributed by atoms with Gasteiger partial charge in [-0.25, -0.2) is 4.39 Å². The van der Waals surface area contributed by atoms with Crippen molar-refractivity contribution in [3.8, 4) is 5.75 Å². The molecule has 1 aromatic carbocycles. The maximum atomic E-state index is 13.6. The lowest BCUT2D eigenvalue weighted by Crippen LogP contribution is -2.48. The maximum Gasteiger partial charge on any atom is 0.237 e. The molecule has 0 spiro atoms. The molecule has 6 nitrogen and oxygen atoms in total. The largest absolute Gasteiger partial charge is 0.491 e. The number of ether oxygens (including phenoxy) is 2. The predicted octanol–water partition coefficient (Wildman–Crippen LogP) is 3.67. The van der Waals surface area contributed by atoms with E-state index in [9.17, 15) is 14.3 Å². The summed E-state index contributed by atoms with van der Waals surface area (Å²) in [4.78, 5) is 18.7. The maximum absolute atomic E-state index is 13.6. The van der Waals surface area contributed by atoms with Gasteiger partial charge in [-0.05, 0) is 54.3 Å². The molecule has 2 heterocycles. The van der Waals surface area contributed by atoms with Crippen LogP contribution in [0.5, 0.6) is 5.75 Å². The second-order valence-corrected chi connectivity index (χ2v) is 10.0. The van der Waals surface area contributed by atoms with Crippen LogP contribution in [0.4, 0.5) is 4.39 Å². The molecule has 184 valence electrons. The highest BCUT2D eigenvalue weighted by atomic mass is 32.1. The van der Waals surface area contributed by atoms with Crippen LogP contribution < -0.4 is 4.74 Å². The average molecular weight is 489 g/mol. The van der Waals surface area contributed by atoms with Gasteiger partial charge in [0, 0.05) is 30.6 Å². The molecule has 1 aliphatic heterocycles. The zero-order chi connectivity index (χ0) is 23.9. The number of hydrogen-bond donors (Lipinski definition) is 1. The average Bonchev–Trinajstić information content (AvgIpc) is 3.49. The number of halogens is 1. The number of nitrogens with zero attached hydrogens (tertiary/aromatic N) is 2. The van der Waals surface area contributed by atoms with Gasteiger partial charge in [-0.2, -0.15) is 0 Å². The van der Waals surface area contributed by atoms with Crippen molar-refractivity contribution in [1.82, 2.24) is 9.80 Å². The van der Waals surface area contributed by atoms with Crippen molar-refractivity contribution in [2.24, 2.45) is 5.92 Å². The fraction of sp³-hybridized carbons (Fsp3) is 0.500. The van der Waals surface area contributed by atoms with Gasteiger partial charge >= 0.3 is 0 Å². The van der Waals surface area contributed by atoms with Crippen LogP contribution in [0.3, 0.4) is 0 Å². The third-order valence-electron chi connectivity index (χ3n) is 6.21. The summed E-state index contributed by atoms with van der Waals surface area (Å²) in [5.41, 5.74) is 1.10. The van der Waals surface area contributed by atoms with Gasteiger partial charge in [-0.15, -0.1) is 17.9 Å². The Morgan fingerprint density at radius 1 is 1.38 bits per heavy atom. The number of amides is 1. The molecule has 2 aliphatic rings. The monoisotopic (exact) mass is 488 g/mol. The zero-order valence-corrected chi connectivity index (χ0v) is 20.2. The van der Waals surface area contributed by atoms with Crippen LogP contribution in [0.25, 0.3) is 0 Å². The third-order valence-corrected chi connectivity index (χ3v) is 7.20. The Morgan fingerprint density at radius 2 is 2.24 bits per heavy atom.